The van der Waals surface area contributed by atoms with Crippen molar-refractivity contribution in [1.82, 2.24) is 29.7 Å². The maximum atomic E-state index is 15.1. The average molecular weight is 643 g/mol. The number of carbonyl (C=O) groups excluding carboxylic acids is 1. The van der Waals surface area contributed by atoms with Crippen molar-refractivity contribution in [2.24, 2.45) is 0 Å². The molecule has 0 spiro atoms. The van der Waals surface area contributed by atoms with Crippen molar-refractivity contribution in [2.75, 3.05) is 44.7 Å². The van der Waals surface area contributed by atoms with E-state index in [9.17, 15) is 9.59 Å². The van der Waals surface area contributed by atoms with E-state index in [1.807, 2.05) is 32.6 Å². The summed E-state index contributed by atoms with van der Waals surface area (Å²) in [6.07, 6.45) is 4.79. The predicted molar refractivity (Wildman–Crippen MR) is 180 cm³/mol. The summed E-state index contributed by atoms with van der Waals surface area (Å²) in [7, 11) is 1.80. The van der Waals surface area contributed by atoms with Crippen LogP contribution >= 0.6 is 11.6 Å². The van der Waals surface area contributed by atoms with Crippen LogP contribution in [0.4, 0.5) is 15.8 Å². The zero-order chi connectivity index (χ0) is 33.1. The molecular weight excluding hydrogens is 607 g/mol. The topological polar surface area (TPSA) is 101 Å². The lowest BCUT2D eigenvalue weighted by Crippen LogP contribution is -2.48. The summed E-state index contributed by atoms with van der Waals surface area (Å²) in [4.78, 5) is 48.8. The van der Waals surface area contributed by atoms with Crippen LogP contribution in [0.1, 0.15) is 50.9 Å². The zero-order valence-electron chi connectivity index (χ0n) is 26.5. The highest BCUT2D eigenvalue weighted by Gasteiger charge is 2.30. The van der Waals surface area contributed by atoms with Crippen LogP contribution in [0.3, 0.4) is 0 Å². The number of piperazine rings is 1. The number of fused-ring (bicyclic) bond motifs is 1. The smallest absolute Gasteiger partial charge is 0.274 e. The maximum absolute atomic E-state index is 15.1. The van der Waals surface area contributed by atoms with Gasteiger partial charge in [0.05, 0.1) is 40.1 Å². The number of likely N-dealkylation sites (N-methyl/N-ethyl adjacent to an activating group) is 1. The van der Waals surface area contributed by atoms with Crippen LogP contribution in [0.15, 0.2) is 53.6 Å². The molecular formula is C34H36ClFN8O2. The van der Waals surface area contributed by atoms with Crippen molar-refractivity contribution in [3.8, 4) is 16.9 Å². The number of halogens is 2. The Morgan fingerprint density at radius 2 is 1.74 bits per heavy atom. The molecule has 0 radical (unpaired) electrons. The Labute approximate surface area is 272 Å². The third-order valence-electron chi connectivity index (χ3n) is 7.98. The maximum Gasteiger partial charge on any atom is 0.274 e. The van der Waals surface area contributed by atoms with Crippen molar-refractivity contribution in [3.63, 3.8) is 0 Å². The quantitative estimate of drug-likeness (QED) is 0.190. The monoisotopic (exact) mass is 642 g/mol. The molecule has 1 amide bonds. The molecule has 12 heteroatoms. The van der Waals surface area contributed by atoms with Crippen molar-refractivity contribution >= 4 is 39.9 Å². The third-order valence-corrected chi connectivity index (χ3v) is 8.27. The normalized spacial score (nSPS) is 13.7. The number of nitrogens with one attached hydrogen (secondary N) is 1. The van der Waals surface area contributed by atoms with Crippen molar-refractivity contribution in [1.29, 1.82) is 0 Å². The van der Waals surface area contributed by atoms with E-state index in [0.717, 1.165) is 0 Å². The van der Waals surface area contributed by atoms with Gasteiger partial charge >= 0.3 is 0 Å². The molecule has 0 aliphatic carbocycles. The van der Waals surface area contributed by atoms with E-state index in [1.165, 1.54) is 17.0 Å². The number of aromatic nitrogens is 4. The van der Waals surface area contributed by atoms with Gasteiger partial charge in [-0.3, -0.25) is 14.2 Å². The molecule has 3 aromatic heterocycles. The lowest BCUT2D eigenvalue weighted by molar-refractivity contribution is -0.126. The number of rotatable bonds is 8. The van der Waals surface area contributed by atoms with Gasteiger partial charge in [0.25, 0.3) is 11.2 Å². The van der Waals surface area contributed by atoms with Crippen LogP contribution in [0.2, 0.25) is 5.02 Å². The molecule has 0 saturated carbocycles. The largest absolute Gasteiger partial charge is 0.376 e. The van der Waals surface area contributed by atoms with Crippen LogP contribution in [0.5, 0.6) is 0 Å². The molecule has 5 rings (SSSR count). The van der Waals surface area contributed by atoms with Gasteiger partial charge in [-0.05, 0) is 37.1 Å². The average Bonchev–Trinajstić information content (AvgIpc) is 3.04. The number of pyridine rings is 2. The highest BCUT2D eigenvalue weighted by Crippen LogP contribution is 2.40. The number of hydrogen-bond acceptors (Lipinski definition) is 7. The van der Waals surface area contributed by atoms with Crippen LogP contribution in [-0.2, 0) is 4.79 Å². The summed E-state index contributed by atoms with van der Waals surface area (Å²) in [5.74, 6) is -0.813. The SMILES string of the molecule is [C-]#[N+]c1c(N2CCN(C(=O)/C=C/CNC)CC2)c2cc(Cl)c(-c3ccccc3F)nc2n(-c2c(C(C)C)ncnc2C(C)C)c1=O. The van der Waals surface area contributed by atoms with Gasteiger partial charge in [0, 0.05) is 49.7 Å². The second-order valence-electron chi connectivity index (χ2n) is 11.7. The van der Waals surface area contributed by atoms with Gasteiger partial charge in [-0.15, -0.1) is 0 Å². The summed E-state index contributed by atoms with van der Waals surface area (Å²) in [6.45, 7) is 18.2. The van der Waals surface area contributed by atoms with E-state index in [2.05, 4.69) is 20.1 Å². The van der Waals surface area contributed by atoms with E-state index >= 15 is 4.39 Å². The summed E-state index contributed by atoms with van der Waals surface area (Å²) in [5, 5.41) is 3.60. The summed E-state index contributed by atoms with van der Waals surface area (Å²) >= 11 is 6.84. The van der Waals surface area contributed by atoms with E-state index in [-0.39, 0.29) is 45.4 Å². The van der Waals surface area contributed by atoms with Crippen molar-refractivity contribution in [2.45, 2.75) is 39.5 Å². The van der Waals surface area contributed by atoms with Gasteiger partial charge in [-0.2, -0.15) is 0 Å². The van der Waals surface area contributed by atoms with E-state index in [1.54, 1.807) is 48.4 Å². The van der Waals surface area contributed by atoms with Gasteiger partial charge in [-0.1, -0.05) is 57.5 Å². The molecule has 0 atom stereocenters. The molecule has 46 heavy (non-hydrogen) atoms. The predicted octanol–water partition coefficient (Wildman–Crippen LogP) is 5.86. The zero-order valence-corrected chi connectivity index (χ0v) is 27.3. The fourth-order valence-corrected chi connectivity index (χ4v) is 5.99. The van der Waals surface area contributed by atoms with Gasteiger partial charge < -0.3 is 15.1 Å². The molecule has 1 N–H and O–H groups in total. The van der Waals surface area contributed by atoms with Crippen LogP contribution in [-0.4, -0.2) is 70.1 Å². The molecule has 0 bridgehead atoms. The second kappa shape index (κ2) is 13.8. The minimum Gasteiger partial charge on any atom is -0.376 e. The molecule has 1 aliphatic rings. The van der Waals surface area contributed by atoms with Crippen molar-refractivity contribution in [3.05, 3.63) is 92.8 Å². The lowest BCUT2D eigenvalue weighted by atomic mass is 10.0. The highest BCUT2D eigenvalue weighted by molar-refractivity contribution is 6.34. The number of amides is 1. The Balaban J connectivity index is 1.80. The molecule has 4 heterocycles. The van der Waals surface area contributed by atoms with E-state index < -0.39 is 11.4 Å². The van der Waals surface area contributed by atoms with Crippen LogP contribution < -0.4 is 15.8 Å². The Bertz CT molecular complexity index is 1900. The molecule has 1 aliphatic heterocycles. The first-order chi connectivity index (χ1) is 22.1. The minimum absolute atomic E-state index is 0.0976. The summed E-state index contributed by atoms with van der Waals surface area (Å²) in [5.41, 5.74) is 1.94. The Kier molecular flexibility index (Phi) is 9.79. The Hall–Kier alpha value is -4.66. The Morgan fingerprint density at radius 1 is 1.09 bits per heavy atom. The number of nitrogens with zero attached hydrogens (tertiary/aromatic N) is 7. The first kappa shape index (κ1) is 32.7. The molecule has 1 aromatic carbocycles. The molecule has 4 aromatic rings. The van der Waals surface area contributed by atoms with E-state index in [4.69, 9.17) is 23.2 Å². The fraction of sp³-hybridized carbons (Fsp3) is 0.353. The molecule has 1 fully saturated rings. The second-order valence-corrected chi connectivity index (χ2v) is 12.1. The molecule has 0 unspecified atom stereocenters. The first-order valence-electron chi connectivity index (χ1n) is 15.2. The van der Waals surface area contributed by atoms with Gasteiger partial charge in [0.1, 0.15) is 17.8 Å². The molecule has 1 saturated heterocycles. The van der Waals surface area contributed by atoms with Gasteiger partial charge in [-0.25, -0.2) is 24.2 Å². The number of benzene rings is 1. The molecule has 238 valence electrons. The summed E-state index contributed by atoms with van der Waals surface area (Å²) < 4.78 is 16.5. The number of anilines is 1. The van der Waals surface area contributed by atoms with Gasteiger partial charge in [0.2, 0.25) is 5.91 Å². The van der Waals surface area contributed by atoms with Crippen molar-refractivity contribution < 1.29 is 9.18 Å². The first-order valence-corrected chi connectivity index (χ1v) is 15.6. The van der Waals surface area contributed by atoms with E-state index in [0.29, 0.717) is 60.9 Å². The fourth-order valence-electron chi connectivity index (χ4n) is 5.74. The number of carbonyl (C=O) groups is 1. The molecule has 10 nitrogen and oxygen atoms in total. The van der Waals surface area contributed by atoms with Crippen LogP contribution in [0.25, 0.3) is 32.8 Å². The van der Waals surface area contributed by atoms with Crippen LogP contribution in [0, 0.1) is 12.4 Å². The third kappa shape index (κ3) is 6.10. The van der Waals surface area contributed by atoms with Gasteiger partial charge in [0.15, 0.2) is 0 Å². The number of hydrogen-bond donors (Lipinski definition) is 1. The minimum atomic E-state index is -0.584. The Morgan fingerprint density at radius 3 is 2.33 bits per heavy atom. The standard InChI is InChI=1S/C34H36ClFN8O2/c1-20(2)27-32(28(21(3)4)40-19-39-27)44-33-23(18-24(35)29(41-33)22-10-7-8-11-25(22)36)31(30(38-6)34(44)46)43-16-14-42(15-17-43)26(45)12-9-13-37-5/h7-12,18-21,37H,13-17H2,1-5H3/b12-9+. The lowest BCUT2D eigenvalue weighted by Gasteiger charge is -2.37. The summed E-state index contributed by atoms with van der Waals surface area (Å²) in [6, 6.07) is 7.83. The highest BCUT2D eigenvalue weighted by atomic mass is 35.5.